The van der Waals surface area contributed by atoms with Crippen LogP contribution < -0.4 is 4.74 Å². The van der Waals surface area contributed by atoms with Crippen LogP contribution in [0.15, 0.2) is 27.6 Å². The fraction of sp³-hybridized carbons (Fsp3) is 0.500. The van der Waals surface area contributed by atoms with Gasteiger partial charge in [-0.25, -0.2) is 0 Å². The number of rotatable bonds is 5. The summed E-state index contributed by atoms with van der Waals surface area (Å²) < 4.78 is 99.3. The minimum atomic E-state index is -4.82. The van der Waals surface area contributed by atoms with E-state index in [9.17, 15) is 35.3 Å². The second kappa shape index (κ2) is 7.62. The summed E-state index contributed by atoms with van der Waals surface area (Å²) in [5, 5.41) is 3.43. The first-order valence-electron chi connectivity index (χ1n) is 9.93. The van der Waals surface area contributed by atoms with Gasteiger partial charge in [0.05, 0.1) is 11.0 Å². The molecular formula is C20H19F6N3O4S. The Labute approximate surface area is 190 Å². The Kier molecular flexibility index (Phi) is 5.46. The van der Waals surface area contributed by atoms with Crippen molar-refractivity contribution in [3.63, 3.8) is 0 Å². The SMILES string of the molecule is C=S(C)(=O)c1ccc(O[C@@H](C)C(F)(F)F)c(C(=O)N2CC3CC3(c3noc(C(F)(F)F)n3)C2)c1. The molecule has 34 heavy (non-hydrogen) atoms. The van der Waals surface area contributed by atoms with Crippen molar-refractivity contribution in [1.29, 1.82) is 0 Å². The summed E-state index contributed by atoms with van der Waals surface area (Å²) in [4.78, 5) is 18.1. The highest BCUT2D eigenvalue weighted by Crippen LogP contribution is 2.58. The minimum absolute atomic E-state index is 0.0578. The fourth-order valence-corrected chi connectivity index (χ4v) is 4.72. The molecule has 1 saturated carbocycles. The Morgan fingerprint density at radius 1 is 1.32 bits per heavy atom. The number of ether oxygens (including phenoxy) is 1. The first-order chi connectivity index (χ1) is 15.5. The molecule has 1 aromatic heterocycles. The molecule has 2 fully saturated rings. The molecule has 4 atom stereocenters. The lowest BCUT2D eigenvalue weighted by Gasteiger charge is -2.24. The van der Waals surface area contributed by atoms with Gasteiger partial charge in [0.2, 0.25) is 0 Å². The number of aromatic nitrogens is 2. The Morgan fingerprint density at radius 3 is 2.56 bits per heavy atom. The largest absolute Gasteiger partial charge is 0.480 e. The average molecular weight is 511 g/mol. The molecule has 2 aromatic rings. The topological polar surface area (TPSA) is 85.5 Å². The number of carbonyl (C=O) groups excluding carboxylic acids is 1. The zero-order valence-electron chi connectivity index (χ0n) is 17.9. The van der Waals surface area contributed by atoms with Crippen molar-refractivity contribution in [3.05, 3.63) is 35.5 Å². The molecule has 0 bridgehead atoms. The number of hydrogen-bond acceptors (Lipinski definition) is 6. The summed E-state index contributed by atoms with van der Waals surface area (Å²) in [5.74, 6) is 0.530. The number of nitrogens with zero attached hydrogens (tertiary/aromatic N) is 3. The molecule has 0 radical (unpaired) electrons. The molecule has 1 aromatic carbocycles. The lowest BCUT2D eigenvalue weighted by Crippen LogP contribution is -2.35. The maximum absolute atomic E-state index is 13.3. The maximum Gasteiger partial charge on any atom is 0.471 e. The van der Waals surface area contributed by atoms with Crippen molar-refractivity contribution >= 4 is 21.3 Å². The van der Waals surface area contributed by atoms with Crippen LogP contribution in [0.1, 0.15) is 35.4 Å². The smallest absolute Gasteiger partial charge is 0.471 e. The molecule has 7 nitrogen and oxygen atoms in total. The van der Waals surface area contributed by atoms with Gasteiger partial charge in [0.15, 0.2) is 11.9 Å². The van der Waals surface area contributed by atoms with Gasteiger partial charge >= 0.3 is 18.2 Å². The highest BCUT2D eigenvalue weighted by molar-refractivity contribution is 7.99. The molecule has 1 aliphatic carbocycles. The van der Waals surface area contributed by atoms with Gasteiger partial charge in [-0.1, -0.05) is 5.16 Å². The van der Waals surface area contributed by atoms with Crippen LogP contribution >= 0.6 is 0 Å². The molecule has 3 unspecified atom stereocenters. The molecule has 0 N–H and O–H groups in total. The molecule has 1 aliphatic heterocycles. The van der Waals surface area contributed by atoms with Gasteiger partial charge in [-0.2, -0.15) is 31.3 Å². The second-order valence-corrected chi connectivity index (χ2v) is 11.1. The molecule has 1 amide bonds. The summed E-state index contributed by atoms with van der Waals surface area (Å²) >= 11 is 0. The summed E-state index contributed by atoms with van der Waals surface area (Å²) in [6.07, 6.45) is -10.00. The van der Waals surface area contributed by atoms with E-state index in [1.165, 1.54) is 23.3 Å². The first-order valence-corrected chi connectivity index (χ1v) is 12.1. The van der Waals surface area contributed by atoms with Gasteiger partial charge in [-0.05, 0) is 52.9 Å². The quantitative estimate of drug-likeness (QED) is 0.451. The summed E-state index contributed by atoms with van der Waals surface area (Å²) in [7, 11) is -2.81. The molecule has 0 spiro atoms. The molecule has 1 saturated heterocycles. The van der Waals surface area contributed by atoms with Crippen LogP contribution in [0, 0.1) is 5.92 Å². The molecule has 2 aliphatic rings. The lowest BCUT2D eigenvalue weighted by atomic mass is 10.1. The molecule has 186 valence electrons. The van der Waals surface area contributed by atoms with Gasteiger partial charge in [0, 0.05) is 24.2 Å². The van der Waals surface area contributed by atoms with E-state index in [2.05, 4.69) is 20.5 Å². The van der Waals surface area contributed by atoms with E-state index in [4.69, 9.17) is 4.74 Å². The number of benzene rings is 1. The van der Waals surface area contributed by atoms with E-state index in [0.717, 1.165) is 13.0 Å². The summed E-state index contributed by atoms with van der Waals surface area (Å²) in [6.45, 7) is 0.845. The molecule has 14 heteroatoms. The monoisotopic (exact) mass is 511 g/mol. The number of piperidine rings is 1. The van der Waals surface area contributed by atoms with E-state index in [-0.39, 0.29) is 41.0 Å². The van der Waals surface area contributed by atoms with Crippen LogP contribution in [-0.2, 0) is 21.1 Å². The number of alkyl halides is 6. The maximum atomic E-state index is 13.3. The van der Waals surface area contributed by atoms with Crippen molar-refractivity contribution in [2.45, 2.75) is 42.1 Å². The van der Waals surface area contributed by atoms with Crippen LogP contribution in [0.3, 0.4) is 0 Å². The predicted octanol–water partition coefficient (Wildman–Crippen LogP) is 3.54. The van der Waals surface area contributed by atoms with Crippen molar-refractivity contribution < 1.29 is 44.6 Å². The zero-order chi connectivity index (χ0) is 25.3. The van der Waals surface area contributed by atoms with Crippen LogP contribution in [0.5, 0.6) is 5.75 Å². The predicted molar refractivity (Wildman–Crippen MR) is 107 cm³/mol. The van der Waals surface area contributed by atoms with Gasteiger partial charge in [0.25, 0.3) is 5.91 Å². The third kappa shape index (κ3) is 4.34. The van der Waals surface area contributed by atoms with Crippen molar-refractivity contribution in [2.75, 3.05) is 19.3 Å². The Morgan fingerprint density at radius 2 is 2.00 bits per heavy atom. The van der Waals surface area contributed by atoms with Crippen molar-refractivity contribution in [2.24, 2.45) is 5.92 Å². The molecule has 4 rings (SSSR count). The lowest BCUT2D eigenvalue weighted by molar-refractivity contribution is -0.189. The van der Waals surface area contributed by atoms with Gasteiger partial charge < -0.3 is 14.2 Å². The van der Waals surface area contributed by atoms with Gasteiger partial charge in [-0.3, -0.25) is 9.00 Å². The zero-order valence-corrected chi connectivity index (χ0v) is 18.7. The molecular weight excluding hydrogens is 492 g/mol. The Hall–Kier alpha value is -2.77. The van der Waals surface area contributed by atoms with Gasteiger partial charge in [-0.15, -0.1) is 0 Å². The van der Waals surface area contributed by atoms with Crippen molar-refractivity contribution in [1.82, 2.24) is 15.0 Å². The highest BCUT2D eigenvalue weighted by Gasteiger charge is 2.65. The number of carbonyl (C=O) groups is 1. The van der Waals surface area contributed by atoms with Crippen LogP contribution in [-0.4, -0.2) is 62.7 Å². The Bertz CT molecular complexity index is 1240. The van der Waals surface area contributed by atoms with E-state index in [1.54, 1.807) is 0 Å². The van der Waals surface area contributed by atoms with Crippen molar-refractivity contribution in [3.8, 4) is 5.75 Å². The molecule has 2 heterocycles. The van der Waals surface area contributed by atoms with E-state index in [0.29, 0.717) is 6.42 Å². The fourth-order valence-electron chi connectivity index (χ4n) is 4.00. The standard InChI is InChI=1S/C20H19F6N3O4S/c1-10(19(21,22)23)32-14-5-4-12(34(2,3)31)6-13(14)15(30)29-8-11-7-18(11,9-29)16-27-17(33-28-16)20(24,25)26/h4-6,10-11H,2,7-9H2,1,3H3/t10-,11?,18?,34?/m0/s1. The van der Waals surface area contributed by atoms with E-state index < -0.39 is 45.2 Å². The third-order valence-corrected chi connectivity index (χ3v) is 7.24. The van der Waals surface area contributed by atoms with Crippen LogP contribution in [0.25, 0.3) is 0 Å². The number of amides is 1. The normalized spacial score (nSPS) is 24.9. The van der Waals surface area contributed by atoms with Gasteiger partial charge in [0.1, 0.15) is 5.75 Å². The highest BCUT2D eigenvalue weighted by atomic mass is 32.2. The second-order valence-electron chi connectivity index (χ2n) is 8.63. The van der Waals surface area contributed by atoms with Crippen LogP contribution in [0.4, 0.5) is 26.3 Å². The Balaban J connectivity index is 1.63. The number of hydrogen-bond donors (Lipinski definition) is 0. The number of fused-ring (bicyclic) bond motifs is 1. The first kappa shape index (κ1) is 24.4. The average Bonchev–Trinajstić information content (AvgIpc) is 3.07. The van der Waals surface area contributed by atoms with E-state index >= 15 is 0 Å². The van der Waals surface area contributed by atoms with Crippen LogP contribution in [0.2, 0.25) is 0 Å². The minimum Gasteiger partial charge on any atom is -0.480 e. The number of likely N-dealkylation sites (tertiary alicyclic amines) is 1. The third-order valence-electron chi connectivity index (χ3n) is 5.99. The number of halogens is 6. The summed E-state index contributed by atoms with van der Waals surface area (Å²) in [6, 6.07) is 3.56. The van der Waals surface area contributed by atoms with E-state index in [1.807, 2.05) is 0 Å². The summed E-state index contributed by atoms with van der Waals surface area (Å²) in [5.41, 5.74) is -1.18.